The average Bonchev–Trinajstić information content (AvgIpc) is 3.44. The van der Waals surface area contributed by atoms with Crippen molar-refractivity contribution in [3.05, 3.63) is 59.7 Å². The lowest BCUT2D eigenvalue weighted by Crippen LogP contribution is -2.35. The van der Waals surface area contributed by atoms with Gasteiger partial charge in [0, 0.05) is 11.4 Å². The molecule has 1 fully saturated rings. The Balaban J connectivity index is 1.69. The number of nitrogens with one attached hydrogen (secondary N) is 2. The summed E-state index contributed by atoms with van der Waals surface area (Å²) in [6, 6.07) is 11.7. The van der Waals surface area contributed by atoms with Gasteiger partial charge < -0.3 is 10.6 Å². The van der Waals surface area contributed by atoms with Crippen molar-refractivity contribution in [1.29, 1.82) is 0 Å². The van der Waals surface area contributed by atoms with Crippen LogP contribution in [0.3, 0.4) is 0 Å². The SMILES string of the molecule is CC(C)c1ccc(NC(=O)C2(C(=O)Nc3cccc(C(F)(F)F)c3)CC2)cc1. The first-order chi connectivity index (χ1) is 13.1. The minimum Gasteiger partial charge on any atom is -0.325 e. The first-order valence-corrected chi connectivity index (χ1v) is 9.02. The van der Waals surface area contributed by atoms with Crippen molar-refractivity contribution < 1.29 is 22.8 Å². The van der Waals surface area contributed by atoms with Gasteiger partial charge in [-0.25, -0.2) is 0 Å². The van der Waals surface area contributed by atoms with Crippen molar-refractivity contribution >= 4 is 23.2 Å². The molecule has 7 heteroatoms. The summed E-state index contributed by atoms with van der Waals surface area (Å²) in [6.07, 6.45) is -3.79. The summed E-state index contributed by atoms with van der Waals surface area (Å²) in [6.45, 7) is 4.12. The maximum atomic E-state index is 12.8. The molecular weight excluding hydrogens is 369 g/mol. The Morgan fingerprint density at radius 3 is 2.00 bits per heavy atom. The van der Waals surface area contributed by atoms with E-state index in [4.69, 9.17) is 0 Å². The third kappa shape index (κ3) is 4.18. The van der Waals surface area contributed by atoms with Gasteiger partial charge in [0.2, 0.25) is 11.8 Å². The van der Waals surface area contributed by atoms with E-state index in [-0.39, 0.29) is 5.69 Å². The van der Waals surface area contributed by atoms with Crippen LogP contribution in [0.4, 0.5) is 24.5 Å². The monoisotopic (exact) mass is 390 g/mol. The molecule has 0 spiro atoms. The van der Waals surface area contributed by atoms with Crippen LogP contribution >= 0.6 is 0 Å². The molecule has 28 heavy (non-hydrogen) atoms. The zero-order chi connectivity index (χ0) is 20.5. The summed E-state index contributed by atoms with van der Waals surface area (Å²) in [4.78, 5) is 25.2. The van der Waals surface area contributed by atoms with Gasteiger partial charge in [-0.15, -0.1) is 0 Å². The molecule has 1 saturated carbocycles. The highest BCUT2D eigenvalue weighted by molar-refractivity contribution is 6.16. The lowest BCUT2D eigenvalue weighted by molar-refractivity contribution is -0.137. The van der Waals surface area contributed by atoms with Gasteiger partial charge in [-0.2, -0.15) is 13.2 Å². The first kappa shape index (κ1) is 19.9. The molecule has 2 amide bonds. The molecule has 0 atom stereocenters. The summed E-state index contributed by atoms with van der Waals surface area (Å²) in [5.74, 6) is -0.685. The Morgan fingerprint density at radius 2 is 1.50 bits per heavy atom. The standard InChI is InChI=1S/C21H21F3N2O2/c1-13(2)14-6-8-16(9-7-14)25-18(27)20(10-11-20)19(28)26-17-5-3-4-15(12-17)21(22,23)24/h3-9,12-13H,10-11H2,1-2H3,(H,25,27)(H,26,28). The van der Waals surface area contributed by atoms with Gasteiger partial charge in [-0.3, -0.25) is 9.59 Å². The van der Waals surface area contributed by atoms with Gasteiger partial charge in [0.25, 0.3) is 0 Å². The molecule has 1 aliphatic carbocycles. The molecule has 0 aliphatic heterocycles. The Kier molecular flexibility index (Phi) is 5.19. The average molecular weight is 390 g/mol. The van der Waals surface area contributed by atoms with Crippen molar-refractivity contribution in [2.75, 3.05) is 10.6 Å². The van der Waals surface area contributed by atoms with Crippen LogP contribution in [0.2, 0.25) is 0 Å². The highest BCUT2D eigenvalue weighted by Crippen LogP contribution is 2.47. The van der Waals surface area contributed by atoms with Gasteiger partial charge in [0.05, 0.1) is 5.56 Å². The van der Waals surface area contributed by atoms with Crippen LogP contribution in [0.15, 0.2) is 48.5 Å². The van der Waals surface area contributed by atoms with E-state index < -0.39 is 29.0 Å². The van der Waals surface area contributed by atoms with Crippen molar-refractivity contribution in [3.8, 4) is 0 Å². The predicted molar refractivity (Wildman–Crippen MR) is 101 cm³/mol. The van der Waals surface area contributed by atoms with Gasteiger partial charge in [-0.05, 0) is 54.7 Å². The molecule has 0 heterocycles. The Bertz CT molecular complexity index is 885. The third-order valence-electron chi connectivity index (χ3n) is 4.90. The fourth-order valence-electron chi connectivity index (χ4n) is 2.91. The summed E-state index contributed by atoms with van der Waals surface area (Å²) in [5, 5.41) is 5.18. The molecule has 2 aromatic rings. The molecule has 1 aliphatic rings. The van der Waals surface area contributed by atoms with Crippen molar-refractivity contribution in [3.63, 3.8) is 0 Å². The molecule has 3 rings (SSSR count). The maximum absolute atomic E-state index is 12.8. The van der Waals surface area contributed by atoms with Gasteiger partial charge in [-0.1, -0.05) is 32.0 Å². The molecular formula is C21H21F3N2O2. The molecule has 2 aromatic carbocycles. The zero-order valence-electron chi connectivity index (χ0n) is 15.6. The van der Waals surface area contributed by atoms with Crippen LogP contribution < -0.4 is 10.6 Å². The van der Waals surface area contributed by atoms with E-state index in [1.165, 1.54) is 12.1 Å². The van der Waals surface area contributed by atoms with E-state index in [9.17, 15) is 22.8 Å². The van der Waals surface area contributed by atoms with E-state index in [2.05, 4.69) is 24.5 Å². The highest BCUT2D eigenvalue weighted by atomic mass is 19.4. The number of hydrogen-bond donors (Lipinski definition) is 2. The quantitative estimate of drug-likeness (QED) is 0.691. The summed E-state index contributed by atoms with van der Waals surface area (Å²) in [5.41, 5.74) is -0.385. The molecule has 2 N–H and O–H groups in total. The Morgan fingerprint density at radius 1 is 0.929 bits per heavy atom. The topological polar surface area (TPSA) is 58.2 Å². The number of carbonyl (C=O) groups excluding carboxylic acids is 2. The number of rotatable bonds is 5. The highest BCUT2D eigenvalue weighted by Gasteiger charge is 2.56. The second kappa shape index (κ2) is 7.30. The number of amides is 2. The minimum absolute atomic E-state index is 0.0141. The number of anilines is 2. The molecule has 0 unspecified atom stereocenters. The number of benzene rings is 2. The molecule has 148 valence electrons. The van der Waals surface area contributed by atoms with E-state index in [1.54, 1.807) is 12.1 Å². The molecule has 0 bridgehead atoms. The van der Waals surface area contributed by atoms with Gasteiger partial charge >= 0.3 is 6.18 Å². The maximum Gasteiger partial charge on any atom is 0.416 e. The van der Waals surface area contributed by atoms with E-state index in [1.807, 2.05) is 12.1 Å². The smallest absolute Gasteiger partial charge is 0.325 e. The fourth-order valence-corrected chi connectivity index (χ4v) is 2.91. The lowest BCUT2D eigenvalue weighted by atomic mass is 10.0. The van der Waals surface area contributed by atoms with Crippen LogP contribution in [-0.4, -0.2) is 11.8 Å². The Labute approximate surface area is 161 Å². The van der Waals surface area contributed by atoms with Crippen LogP contribution in [-0.2, 0) is 15.8 Å². The van der Waals surface area contributed by atoms with Gasteiger partial charge in [0.1, 0.15) is 5.41 Å². The first-order valence-electron chi connectivity index (χ1n) is 9.02. The zero-order valence-corrected chi connectivity index (χ0v) is 15.6. The fraction of sp³-hybridized carbons (Fsp3) is 0.333. The number of carbonyl (C=O) groups is 2. The number of halogens is 3. The number of alkyl halides is 3. The summed E-state index contributed by atoms with van der Waals surface area (Å²) < 4.78 is 38.5. The normalized spacial score (nSPS) is 15.2. The van der Waals surface area contributed by atoms with Crippen LogP contribution in [0.25, 0.3) is 0 Å². The van der Waals surface area contributed by atoms with Gasteiger partial charge in [0.15, 0.2) is 0 Å². The molecule has 0 radical (unpaired) electrons. The minimum atomic E-state index is -4.50. The van der Waals surface area contributed by atoms with Crippen LogP contribution in [0.5, 0.6) is 0 Å². The van der Waals surface area contributed by atoms with Crippen molar-refractivity contribution in [2.45, 2.75) is 38.8 Å². The van der Waals surface area contributed by atoms with Crippen molar-refractivity contribution in [2.24, 2.45) is 5.41 Å². The molecule has 0 saturated heterocycles. The Hall–Kier alpha value is -2.83. The predicted octanol–water partition coefficient (Wildman–Crippen LogP) is 5.19. The number of hydrogen-bond acceptors (Lipinski definition) is 2. The second-order valence-corrected chi connectivity index (χ2v) is 7.35. The lowest BCUT2D eigenvalue weighted by Gasteiger charge is -2.16. The van der Waals surface area contributed by atoms with Crippen LogP contribution in [0.1, 0.15) is 43.7 Å². The summed E-state index contributed by atoms with van der Waals surface area (Å²) in [7, 11) is 0. The summed E-state index contributed by atoms with van der Waals surface area (Å²) >= 11 is 0. The molecule has 0 aromatic heterocycles. The van der Waals surface area contributed by atoms with E-state index in [0.29, 0.717) is 24.4 Å². The second-order valence-electron chi connectivity index (χ2n) is 7.35. The largest absolute Gasteiger partial charge is 0.416 e. The van der Waals surface area contributed by atoms with E-state index in [0.717, 1.165) is 17.7 Å². The molecule has 4 nitrogen and oxygen atoms in total. The van der Waals surface area contributed by atoms with Crippen LogP contribution in [0, 0.1) is 5.41 Å². The van der Waals surface area contributed by atoms with E-state index >= 15 is 0 Å². The van der Waals surface area contributed by atoms with Crippen molar-refractivity contribution in [1.82, 2.24) is 0 Å². The third-order valence-corrected chi connectivity index (χ3v) is 4.90.